The van der Waals surface area contributed by atoms with Crippen molar-refractivity contribution in [2.75, 3.05) is 169 Å². The number of halogens is 2. The lowest BCUT2D eigenvalue weighted by molar-refractivity contribution is -0.121. The molecule has 1 atom stereocenters. The van der Waals surface area contributed by atoms with Crippen LogP contribution in [0.5, 0.6) is 11.5 Å². The molecule has 452 valence electrons. The number of para-hydroxylation sites is 1. The van der Waals surface area contributed by atoms with Crippen LogP contribution in [0.3, 0.4) is 0 Å². The van der Waals surface area contributed by atoms with Crippen LogP contribution in [-0.4, -0.2) is 202 Å². The number of ether oxygens (including phenoxy) is 6. The van der Waals surface area contributed by atoms with Crippen molar-refractivity contribution in [2.45, 2.75) is 41.6 Å². The van der Waals surface area contributed by atoms with Crippen molar-refractivity contribution in [2.24, 2.45) is 0 Å². The summed E-state index contributed by atoms with van der Waals surface area (Å²) in [6.45, 7) is 15.8. The number of hydrogen-bond acceptors (Lipinski definition) is 17. The van der Waals surface area contributed by atoms with E-state index in [0.717, 1.165) is 126 Å². The highest BCUT2D eigenvalue weighted by molar-refractivity contribution is 7.97. The van der Waals surface area contributed by atoms with Crippen molar-refractivity contribution in [1.29, 1.82) is 0 Å². The summed E-state index contributed by atoms with van der Waals surface area (Å²) < 4.78 is 52.0. The van der Waals surface area contributed by atoms with E-state index >= 15 is 0 Å². The number of fused-ring (bicyclic) bond motifs is 2. The maximum absolute atomic E-state index is 13.5. The van der Waals surface area contributed by atoms with Gasteiger partial charge in [0.1, 0.15) is 35.8 Å². The van der Waals surface area contributed by atoms with E-state index in [4.69, 9.17) is 61.6 Å². The summed E-state index contributed by atoms with van der Waals surface area (Å²) in [5.41, 5.74) is 4.33. The fourth-order valence-electron chi connectivity index (χ4n) is 10.2. The van der Waals surface area contributed by atoms with Gasteiger partial charge in [0, 0.05) is 117 Å². The highest BCUT2D eigenvalue weighted by Crippen LogP contribution is 2.34. The number of amides is 1. The zero-order chi connectivity index (χ0) is 58.1. The Bertz CT molecular complexity index is 2940. The van der Waals surface area contributed by atoms with Crippen LogP contribution in [0.15, 0.2) is 125 Å². The predicted molar refractivity (Wildman–Crippen MR) is 335 cm³/mol. The molecule has 3 N–H and O–H groups in total. The van der Waals surface area contributed by atoms with E-state index in [2.05, 4.69) is 90.5 Å². The zero-order valence-corrected chi connectivity index (χ0v) is 51.3. The molecule has 3 aliphatic heterocycles. The third-order valence-corrected chi connectivity index (χ3v) is 17.7. The topological polar surface area (TPSA) is 168 Å². The van der Waals surface area contributed by atoms with E-state index in [1.165, 1.54) is 11.1 Å². The standard InChI is InChI=1S/C62H80Cl2N10O8S2/c1-70(25-5-22-67-62-55-9-2-3-10-56(55)68-59(69-62)47-71-28-30-72(31-29-71)61(48-11-15-50(63)16-12-48)49-13-17-51(64)18-14-49)34-36-78-38-40-80-42-41-79-39-37-77-35-24-66-60(75)21-23-65-52-7-4-8-53(45-52)83-73-26-6-27-74(33-32-73)84(76)54-19-20-57-58(46-54)82-44-43-81-57/h2-4,7-20,45-46,61,65H,5-6,21-44,47H2,1H3,(H,66,75)(H,67,68,69). The van der Waals surface area contributed by atoms with E-state index in [9.17, 15) is 9.00 Å². The van der Waals surface area contributed by atoms with Gasteiger partial charge in [-0.3, -0.25) is 14.6 Å². The molecular weight excluding hydrogens is 1150 g/mol. The van der Waals surface area contributed by atoms with Crippen LogP contribution in [-0.2, 0) is 41.3 Å². The minimum Gasteiger partial charge on any atom is -0.486 e. The number of rotatable bonds is 33. The third-order valence-electron chi connectivity index (χ3n) is 14.6. The molecule has 6 aromatic rings. The first-order valence-electron chi connectivity index (χ1n) is 29.3. The van der Waals surface area contributed by atoms with E-state index < -0.39 is 11.0 Å². The van der Waals surface area contributed by atoms with Gasteiger partial charge in [0.2, 0.25) is 5.91 Å². The van der Waals surface area contributed by atoms with E-state index in [0.29, 0.717) is 110 Å². The van der Waals surface area contributed by atoms with Gasteiger partial charge in [-0.05, 0) is 116 Å². The molecule has 0 bridgehead atoms. The number of aromatic nitrogens is 2. The molecule has 84 heavy (non-hydrogen) atoms. The number of piperazine rings is 1. The highest BCUT2D eigenvalue weighted by Gasteiger charge is 2.28. The lowest BCUT2D eigenvalue weighted by Gasteiger charge is -2.39. The number of benzene rings is 5. The summed E-state index contributed by atoms with van der Waals surface area (Å²) in [7, 11) is 0.841. The second kappa shape index (κ2) is 34.2. The van der Waals surface area contributed by atoms with Gasteiger partial charge in [-0.15, -0.1) is 0 Å². The van der Waals surface area contributed by atoms with Crippen LogP contribution in [0.25, 0.3) is 10.9 Å². The first-order chi connectivity index (χ1) is 41.2. The highest BCUT2D eigenvalue weighted by atomic mass is 35.5. The minimum atomic E-state index is -1.28. The number of anilines is 2. The molecule has 2 saturated heterocycles. The van der Waals surface area contributed by atoms with Gasteiger partial charge in [-0.25, -0.2) is 22.8 Å². The second-order valence-corrected chi connectivity index (χ2v) is 24.3. The minimum absolute atomic E-state index is 0.0367. The average Bonchev–Trinajstić information content (AvgIpc) is 3.92. The van der Waals surface area contributed by atoms with Crippen molar-refractivity contribution in [3.63, 3.8) is 0 Å². The fourth-order valence-corrected chi connectivity index (χ4v) is 12.7. The number of nitrogens with zero attached hydrogens (tertiary/aromatic N) is 7. The number of likely N-dealkylation sites (N-methyl/N-ethyl adjacent to an activating group) is 1. The molecule has 4 heterocycles. The van der Waals surface area contributed by atoms with Crippen LogP contribution in [0.1, 0.15) is 42.3 Å². The Kier molecular flexibility index (Phi) is 25.8. The van der Waals surface area contributed by atoms with Crippen molar-refractivity contribution in [1.82, 2.24) is 38.6 Å². The molecule has 18 nitrogen and oxygen atoms in total. The van der Waals surface area contributed by atoms with Gasteiger partial charge in [0.25, 0.3) is 0 Å². The van der Waals surface area contributed by atoms with E-state index in [1.54, 1.807) is 11.9 Å². The summed E-state index contributed by atoms with van der Waals surface area (Å²) in [4.78, 5) is 31.6. The summed E-state index contributed by atoms with van der Waals surface area (Å²) >= 11 is 14.3. The Labute approximate surface area is 511 Å². The Morgan fingerprint density at radius 1 is 0.679 bits per heavy atom. The Balaban J connectivity index is 0.553. The fraction of sp³-hybridized carbons (Fsp3) is 0.468. The smallest absolute Gasteiger partial charge is 0.221 e. The van der Waals surface area contributed by atoms with E-state index in [-0.39, 0.29) is 11.9 Å². The second-order valence-electron chi connectivity index (χ2n) is 20.8. The lowest BCUT2D eigenvalue weighted by Crippen LogP contribution is -2.47. The summed E-state index contributed by atoms with van der Waals surface area (Å²) in [6, 6.07) is 38.5. The Hall–Kier alpha value is -5.17. The molecule has 1 unspecified atom stereocenters. The normalized spacial score (nSPS) is 15.8. The molecule has 1 aromatic heterocycles. The third kappa shape index (κ3) is 20.2. The predicted octanol–water partition coefficient (Wildman–Crippen LogP) is 8.77. The van der Waals surface area contributed by atoms with Crippen molar-refractivity contribution >= 4 is 74.5 Å². The summed E-state index contributed by atoms with van der Waals surface area (Å²) in [5, 5.41) is 12.4. The maximum atomic E-state index is 13.5. The molecule has 0 spiro atoms. The average molecular weight is 1230 g/mol. The molecule has 1 amide bonds. The molecule has 5 aromatic carbocycles. The first-order valence-corrected chi connectivity index (χ1v) is 31.9. The van der Waals surface area contributed by atoms with Crippen molar-refractivity contribution < 1.29 is 37.4 Å². The number of carbonyl (C=O) groups is 1. The summed E-state index contributed by atoms with van der Waals surface area (Å²) in [6.07, 6.45) is 2.20. The summed E-state index contributed by atoms with van der Waals surface area (Å²) in [5.74, 6) is 3.02. The molecule has 0 saturated carbocycles. The Morgan fingerprint density at radius 2 is 1.37 bits per heavy atom. The molecule has 22 heteroatoms. The van der Waals surface area contributed by atoms with Crippen LogP contribution >= 0.6 is 35.1 Å². The molecule has 0 aliphatic carbocycles. The van der Waals surface area contributed by atoms with Crippen LogP contribution < -0.4 is 25.4 Å². The molecule has 2 fully saturated rings. The van der Waals surface area contributed by atoms with Gasteiger partial charge >= 0.3 is 0 Å². The largest absolute Gasteiger partial charge is 0.486 e. The van der Waals surface area contributed by atoms with Crippen LogP contribution in [0.4, 0.5) is 11.5 Å². The quantitative estimate of drug-likeness (QED) is 0.0264. The SMILES string of the molecule is CN(CCCNc1nc(CN2CCN(C(c3ccc(Cl)cc3)c3ccc(Cl)cc3)CC2)nc2ccccc12)CCOCCOCCOCCOCCNC(=O)CCNc1cccc(SN2CCCN(S(=O)c3ccc4c(c3)OCCO4)CC2)c1. The molecule has 3 aliphatic rings. The zero-order valence-electron chi connectivity index (χ0n) is 48.1. The molecular formula is C62H80Cl2N10O8S2. The van der Waals surface area contributed by atoms with Gasteiger partial charge in [-0.1, -0.05) is 65.7 Å². The molecule has 9 rings (SSSR count). The van der Waals surface area contributed by atoms with Gasteiger partial charge in [0.15, 0.2) is 11.5 Å². The van der Waals surface area contributed by atoms with Crippen LogP contribution in [0, 0.1) is 0 Å². The molecule has 0 radical (unpaired) electrons. The number of carbonyl (C=O) groups excluding carboxylic acids is 1. The van der Waals surface area contributed by atoms with Crippen LogP contribution in [0.2, 0.25) is 10.0 Å². The van der Waals surface area contributed by atoms with Gasteiger partial charge < -0.3 is 49.3 Å². The monoisotopic (exact) mass is 1230 g/mol. The van der Waals surface area contributed by atoms with Crippen molar-refractivity contribution in [3.8, 4) is 11.5 Å². The lowest BCUT2D eigenvalue weighted by atomic mass is 9.96. The maximum Gasteiger partial charge on any atom is 0.221 e. The van der Waals surface area contributed by atoms with Gasteiger partial charge in [-0.2, -0.15) is 0 Å². The number of hydrogen-bond donors (Lipinski definition) is 3. The Morgan fingerprint density at radius 3 is 2.11 bits per heavy atom. The van der Waals surface area contributed by atoms with Crippen molar-refractivity contribution in [3.05, 3.63) is 142 Å². The van der Waals surface area contributed by atoms with E-state index in [1.807, 2.05) is 71.0 Å². The first kappa shape index (κ1) is 63.3. The van der Waals surface area contributed by atoms with Gasteiger partial charge in [0.05, 0.1) is 75.9 Å². The number of nitrogens with one attached hydrogen (secondary N) is 3.